The molecule has 1 unspecified atom stereocenters. The summed E-state index contributed by atoms with van der Waals surface area (Å²) in [5.41, 5.74) is 0.435. The summed E-state index contributed by atoms with van der Waals surface area (Å²) in [6.07, 6.45) is 5.14. The van der Waals surface area contributed by atoms with E-state index >= 15 is 0 Å². The Morgan fingerprint density at radius 3 is 2.53 bits per heavy atom. The molecule has 160 valence electrons. The number of likely N-dealkylation sites (tertiary alicyclic amines) is 1. The van der Waals surface area contributed by atoms with E-state index in [0.29, 0.717) is 31.8 Å². The predicted octanol–water partition coefficient (Wildman–Crippen LogP) is 3.42. The normalized spacial score (nSPS) is 16.8. The van der Waals surface area contributed by atoms with E-state index in [2.05, 4.69) is 15.3 Å². The van der Waals surface area contributed by atoms with Gasteiger partial charge in [0.1, 0.15) is 11.6 Å². The molecule has 0 saturated carbocycles. The van der Waals surface area contributed by atoms with Crippen molar-refractivity contribution >= 4 is 17.5 Å². The molecule has 2 amide bonds. The molecular formula is C23H30N4O3. The van der Waals surface area contributed by atoms with E-state index in [-0.39, 0.29) is 23.1 Å². The molecule has 0 aliphatic carbocycles. The Morgan fingerprint density at radius 2 is 1.87 bits per heavy atom. The van der Waals surface area contributed by atoms with Crippen LogP contribution in [-0.2, 0) is 15.0 Å². The number of carbonyl (C=O) groups is 2. The van der Waals surface area contributed by atoms with Gasteiger partial charge >= 0.3 is 0 Å². The Bertz CT molecular complexity index is 847. The molecular weight excluding hydrogens is 380 g/mol. The highest BCUT2D eigenvalue weighted by atomic mass is 16.5. The summed E-state index contributed by atoms with van der Waals surface area (Å²) in [5, 5.41) is 2.89. The lowest BCUT2D eigenvalue weighted by atomic mass is 9.96. The summed E-state index contributed by atoms with van der Waals surface area (Å²) < 4.78 is 5.61. The molecule has 1 saturated heterocycles. The third-order valence-corrected chi connectivity index (χ3v) is 5.06. The standard InChI is InChI=1S/C23H30N4O3/c1-23(2,3)22-24-14-18(15-25-22)26-21(29)17-8-7-12-27(16-17)20(28)11-13-30-19-9-5-4-6-10-19/h4-6,9-10,14-15,17H,7-8,11-13,16H2,1-3H3,(H,26,29). The second-order valence-corrected chi connectivity index (χ2v) is 8.63. The summed E-state index contributed by atoms with van der Waals surface area (Å²) in [7, 11) is 0. The van der Waals surface area contributed by atoms with Gasteiger partial charge in [-0.25, -0.2) is 9.97 Å². The average Bonchev–Trinajstić information content (AvgIpc) is 2.74. The fourth-order valence-corrected chi connectivity index (χ4v) is 3.37. The largest absolute Gasteiger partial charge is 0.493 e. The van der Waals surface area contributed by atoms with Crippen LogP contribution >= 0.6 is 0 Å². The fraction of sp³-hybridized carbons (Fsp3) is 0.478. The molecule has 1 aromatic carbocycles. The monoisotopic (exact) mass is 410 g/mol. The van der Waals surface area contributed by atoms with Crippen LogP contribution < -0.4 is 10.1 Å². The number of nitrogens with zero attached hydrogens (tertiary/aromatic N) is 3. The molecule has 2 aromatic rings. The number of rotatable bonds is 6. The van der Waals surface area contributed by atoms with Crippen LogP contribution in [0.25, 0.3) is 0 Å². The molecule has 3 rings (SSSR count). The van der Waals surface area contributed by atoms with Gasteiger partial charge in [-0.2, -0.15) is 0 Å². The minimum absolute atomic E-state index is 0.0151. The van der Waals surface area contributed by atoms with Crippen molar-refractivity contribution < 1.29 is 14.3 Å². The topological polar surface area (TPSA) is 84.4 Å². The van der Waals surface area contributed by atoms with Crippen LogP contribution in [-0.4, -0.2) is 46.4 Å². The van der Waals surface area contributed by atoms with Crippen LogP contribution in [0.5, 0.6) is 5.75 Å². The maximum absolute atomic E-state index is 12.7. The molecule has 1 N–H and O–H groups in total. The molecule has 0 spiro atoms. The maximum atomic E-state index is 12.7. The number of amides is 2. The van der Waals surface area contributed by atoms with Gasteiger partial charge in [0.05, 0.1) is 37.0 Å². The molecule has 0 radical (unpaired) electrons. The summed E-state index contributed by atoms with van der Waals surface area (Å²) in [4.78, 5) is 35.7. The van der Waals surface area contributed by atoms with E-state index in [9.17, 15) is 9.59 Å². The van der Waals surface area contributed by atoms with E-state index in [0.717, 1.165) is 24.4 Å². The maximum Gasteiger partial charge on any atom is 0.229 e. The second kappa shape index (κ2) is 9.69. The minimum atomic E-state index is -0.236. The predicted molar refractivity (Wildman–Crippen MR) is 115 cm³/mol. The summed E-state index contributed by atoms with van der Waals surface area (Å²) in [6.45, 7) is 7.55. The van der Waals surface area contributed by atoms with Crippen LogP contribution in [0.15, 0.2) is 42.7 Å². The second-order valence-electron chi connectivity index (χ2n) is 8.63. The van der Waals surface area contributed by atoms with Crippen LogP contribution in [0.4, 0.5) is 5.69 Å². The van der Waals surface area contributed by atoms with Crippen LogP contribution in [0.2, 0.25) is 0 Å². The number of benzene rings is 1. The summed E-state index contributed by atoms with van der Waals surface area (Å²) in [5.74, 6) is 1.16. The van der Waals surface area contributed by atoms with Gasteiger partial charge in [0.25, 0.3) is 0 Å². The van der Waals surface area contributed by atoms with Crippen molar-refractivity contribution in [3.63, 3.8) is 0 Å². The Morgan fingerprint density at radius 1 is 1.17 bits per heavy atom. The molecule has 0 bridgehead atoms. The molecule has 2 heterocycles. The highest BCUT2D eigenvalue weighted by Gasteiger charge is 2.28. The molecule has 1 aliphatic rings. The smallest absolute Gasteiger partial charge is 0.229 e. The van der Waals surface area contributed by atoms with Gasteiger partial charge in [0, 0.05) is 18.5 Å². The van der Waals surface area contributed by atoms with Gasteiger partial charge in [0.15, 0.2) is 0 Å². The minimum Gasteiger partial charge on any atom is -0.493 e. The Kier molecular flexibility index (Phi) is 7.03. The van der Waals surface area contributed by atoms with Crippen LogP contribution in [0.3, 0.4) is 0 Å². The van der Waals surface area contributed by atoms with Crippen LogP contribution in [0, 0.1) is 5.92 Å². The zero-order valence-corrected chi connectivity index (χ0v) is 17.9. The Balaban J connectivity index is 1.48. The van der Waals surface area contributed by atoms with E-state index in [1.54, 1.807) is 17.3 Å². The highest BCUT2D eigenvalue weighted by molar-refractivity contribution is 5.92. The van der Waals surface area contributed by atoms with Gasteiger partial charge in [-0.05, 0) is 25.0 Å². The number of para-hydroxylation sites is 1. The highest BCUT2D eigenvalue weighted by Crippen LogP contribution is 2.21. The van der Waals surface area contributed by atoms with E-state index in [1.807, 2.05) is 51.1 Å². The molecule has 30 heavy (non-hydrogen) atoms. The van der Waals surface area contributed by atoms with Crippen molar-refractivity contribution in [2.24, 2.45) is 5.92 Å². The lowest BCUT2D eigenvalue weighted by Gasteiger charge is -2.32. The first-order valence-corrected chi connectivity index (χ1v) is 10.4. The zero-order valence-electron chi connectivity index (χ0n) is 17.9. The number of nitrogens with one attached hydrogen (secondary N) is 1. The molecule has 7 nitrogen and oxygen atoms in total. The molecule has 1 fully saturated rings. The molecule has 1 atom stereocenters. The van der Waals surface area contributed by atoms with Gasteiger partial charge in [-0.3, -0.25) is 9.59 Å². The van der Waals surface area contributed by atoms with Crippen molar-refractivity contribution in [2.75, 3.05) is 25.0 Å². The van der Waals surface area contributed by atoms with Gasteiger partial charge in [-0.15, -0.1) is 0 Å². The lowest BCUT2D eigenvalue weighted by Crippen LogP contribution is -2.44. The van der Waals surface area contributed by atoms with Crippen molar-refractivity contribution in [1.82, 2.24) is 14.9 Å². The number of aromatic nitrogens is 2. The Labute approximate surface area is 177 Å². The third kappa shape index (κ3) is 6.02. The first kappa shape index (κ1) is 21.7. The van der Waals surface area contributed by atoms with E-state index in [1.165, 1.54) is 0 Å². The zero-order chi connectivity index (χ0) is 21.6. The fourth-order valence-electron chi connectivity index (χ4n) is 3.37. The van der Waals surface area contributed by atoms with Gasteiger partial charge < -0.3 is 15.0 Å². The van der Waals surface area contributed by atoms with Crippen molar-refractivity contribution in [3.8, 4) is 5.75 Å². The molecule has 1 aromatic heterocycles. The first-order chi connectivity index (χ1) is 14.3. The molecule has 1 aliphatic heterocycles. The number of carbonyl (C=O) groups excluding carboxylic acids is 2. The van der Waals surface area contributed by atoms with Crippen molar-refractivity contribution in [2.45, 2.75) is 45.4 Å². The number of piperidine rings is 1. The number of hydrogen-bond donors (Lipinski definition) is 1. The number of anilines is 1. The first-order valence-electron chi connectivity index (χ1n) is 10.4. The number of ether oxygens (including phenoxy) is 1. The van der Waals surface area contributed by atoms with Crippen molar-refractivity contribution in [3.05, 3.63) is 48.5 Å². The van der Waals surface area contributed by atoms with Crippen LogP contribution in [0.1, 0.15) is 45.9 Å². The van der Waals surface area contributed by atoms with Crippen molar-refractivity contribution in [1.29, 1.82) is 0 Å². The van der Waals surface area contributed by atoms with E-state index in [4.69, 9.17) is 4.74 Å². The number of hydrogen-bond acceptors (Lipinski definition) is 5. The Hall–Kier alpha value is -2.96. The van der Waals surface area contributed by atoms with E-state index < -0.39 is 0 Å². The van der Waals surface area contributed by atoms with Gasteiger partial charge in [0.2, 0.25) is 11.8 Å². The summed E-state index contributed by atoms with van der Waals surface area (Å²) in [6, 6.07) is 9.44. The van der Waals surface area contributed by atoms with Gasteiger partial charge in [-0.1, -0.05) is 39.0 Å². The SMILES string of the molecule is CC(C)(C)c1ncc(NC(=O)C2CCCN(C(=O)CCOc3ccccc3)C2)cn1. The third-order valence-electron chi connectivity index (χ3n) is 5.06. The molecule has 7 heteroatoms. The quantitative estimate of drug-likeness (QED) is 0.789. The summed E-state index contributed by atoms with van der Waals surface area (Å²) >= 11 is 0. The lowest BCUT2D eigenvalue weighted by molar-refractivity contribution is -0.135. The average molecular weight is 411 g/mol.